The Kier molecular flexibility index (Phi) is 4.52. The Morgan fingerprint density at radius 2 is 1.94 bits per heavy atom. The molecular weight excluding hydrogens is 458 g/mol. The summed E-state index contributed by atoms with van der Waals surface area (Å²) in [4.78, 5) is 12.3. The molecule has 0 bridgehead atoms. The zero-order valence-corrected chi connectivity index (χ0v) is 14.2. The van der Waals surface area contributed by atoms with E-state index in [9.17, 15) is 4.79 Å². The lowest BCUT2D eigenvalue weighted by atomic mass is 10.1. The first-order valence-corrected chi connectivity index (χ1v) is 7.88. The average molecular weight is 462 g/mol. The first kappa shape index (κ1) is 13.8. The van der Waals surface area contributed by atoms with Gasteiger partial charge < -0.3 is 0 Å². The maximum atomic E-state index is 12.3. The van der Waals surface area contributed by atoms with E-state index in [0.717, 1.165) is 8.04 Å². The van der Waals surface area contributed by atoms with Gasteiger partial charge in [-0.2, -0.15) is 0 Å². The molecule has 0 aliphatic rings. The number of benzene rings is 1. The van der Waals surface area contributed by atoms with E-state index in [-0.39, 0.29) is 5.78 Å². The minimum atomic E-state index is -0.122. The fourth-order valence-corrected chi connectivity index (χ4v) is 3.69. The van der Waals surface area contributed by atoms with Crippen molar-refractivity contribution in [1.82, 2.24) is 0 Å². The highest BCUT2D eigenvalue weighted by Crippen LogP contribution is 2.34. The molecule has 0 spiro atoms. The van der Waals surface area contributed by atoms with Crippen molar-refractivity contribution in [2.24, 2.45) is 0 Å². The quantitative estimate of drug-likeness (QED) is 0.417. The van der Waals surface area contributed by atoms with Gasteiger partial charge in [0.25, 0.3) is 0 Å². The number of ketones is 1. The van der Waals surface area contributed by atoms with Crippen molar-refractivity contribution in [2.75, 3.05) is 0 Å². The number of rotatable bonds is 2. The van der Waals surface area contributed by atoms with E-state index in [4.69, 9.17) is 23.2 Å². The molecule has 0 N–H and O–H groups in total. The summed E-state index contributed by atoms with van der Waals surface area (Å²) in [6.45, 7) is 0. The van der Waals surface area contributed by atoms with Gasteiger partial charge in [-0.15, -0.1) is 11.3 Å². The second-order valence-corrected chi connectivity index (χ2v) is 7.58. The SMILES string of the molecule is O=C(c1cc(I)ccc1Br)c1cc(Cl)sc1Cl. The van der Waals surface area contributed by atoms with Crippen LogP contribution in [0.4, 0.5) is 0 Å². The lowest BCUT2D eigenvalue weighted by Crippen LogP contribution is -2.01. The molecule has 6 heteroatoms. The van der Waals surface area contributed by atoms with E-state index in [1.165, 1.54) is 11.3 Å². The molecule has 2 aromatic rings. The fraction of sp³-hybridized carbons (Fsp3) is 0. The van der Waals surface area contributed by atoms with Gasteiger partial charge in [-0.3, -0.25) is 4.79 Å². The molecule has 1 aromatic carbocycles. The summed E-state index contributed by atoms with van der Waals surface area (Å²) in [7, 11) is 0. The summed E-state index contributed by atoms with van der Waals surface area (Å²) in [5, 5.41) is 0. The first-order valence-electron chi connectivity index (χ1n) is 4.43. The van der Waals surface area contributed by atoms with E-state index in [2.05, 4.69) is 38.5 Å². The van der Waals surface area contributed by atoms with E-state index in [1.807, 2.05) is 18.2 Å². The van der Waals surface area contributed by atoms with Crippen LogP contribution in [0, 0.1) is 3.57 Å². The molecule has 0 unspecified atom stereocenters. The number of hydrogen-bond acceptors (Lipinski definition) is 2. The Balaban J connectivity index is 2.50. The smallest absolute Gasteiger partial charge is 0.196 e. The molecular formula is C11H4BrCl2IOS. The Labute approximate surface area is 134 Å². The van der Waals surface area contributed by atoms with Crippen LogP contribution in [0.5, 0.6) is 0 Å². The summed E-state index contributed by atoms with van der Waals surface area (Å²) in [6, 6.07) is 7.18. The Hall–Kier alpha value is 0.380. The second-order valence-electron chi connectivity index (χ2n) is 3.19. The molecule has 0 aliphatic carbocycles. The molecule has 0 atom stereocenters. The van der Waals surface area contributed by atoms with Crippen LogP contribution in [0.3, 0.4) is 0 Å². The third-order valence-electron chi connectivity index (χ3n) is 2.07. The predicted octanol–water partition coefficient (Wildman–Crippen LogP) is 5.65. The highest BCUT2D eigenvalue weighted by atomic mass is 127. The van der Waals surface area contributed by atoms with Crippen LogP contribution >= 0.6 is 73.1 Å². The molecule has 0 amide bonds. The molecule has 0 aliphatic heterocycles. The molecule has 0 radical (unpaired) electrons. The van der Waals surface area contributed by atoms with Crippen LogP contribution in [-0.4, -0.2) is 5.78 Å². The summed E-state index contributed by atoms with van der Waals surface area (Å²) in [5.74, 6) is -0.122. The van der Waals surface area contributed by atoms with Crippen molar-refractivity contribution in [1.29, 1.82) is 0 Å². The molecule has 17 heavy (non-hydrogen) atoms. The first-order chi connectivity index (χ1) is 7.99. The number of carbonyl (C=O) groups is 1. The molecule has 88 valence electrons. The molecule has 0 saturated heterocycles. The van der Waals surface area contributed by atoms with Crippen LogP contribution in [0.1, 0.15) is 15.9 Å². The van der Waals surface area contributed by atoms with E-state index in [0.29, 0.717) is 19.8 Å². The van der Waals surface area contributed by atoms with Crippen molar-refractivity contribution in [3.05, 3.63) is 52.1 Å². The van der Waals surface area contributed by atoms with Crippen molar-refractivity contribution in [3.8, 4) is 0 Å². The number of thiophene rings is 1. The van der Waals surface area contributed by atoms with Gasteiger partial charge >= 0.3 is 0 Å². The lowest BCUT2D eigenvalue weighted by Gasteiger charge is -2.03. The normalized spacial score (nSPS) is 10.6. The Morgan fingerprint density at radius 1 is 1.24 bits per heavy atom. The largest absolute Gasteiger partial charge is 0.288 e. The van der Waals surface area contributed by atoms with Gasteiger partial charge in [-0.1, -0.05) is 39.1 Å². The van der Waals surface area contributed by atoms with Crippen LogP contribution in [-0.2, 0) is 0 Å². The number of hydrogen-bond donors (Lipinski definition) is 0. The Morgan fingerprint density at radius 3 is 2.53 bits per heavy atom. The van der Waals surface area contributed by atoms with Crippen LogP contribution in [0.25, 0.3) is 0 Å². The van der Waals surface area contributed by atoms with Gasteiger partial charge in [0.05, 0.1) is 9.90 Å². The Bertz CT molecular complexity index is 597. The van der Waals surface area contributed by atoms with E-state index < -0.39 is 0 Å². The van der Waals surface area contributed by atoms with Gasteiger partial charge in [-0.25, -0.2) is 0 Å². The summed E-state index contributed by atoms with van der Waals surface area (Å²) < 4.78 is 2.68. The maximum Gasteiger partial charge on any atom is 0.196 e. The fourth-order valence-electron chi connectivity index (χ4n) is 1.31. The van der Waals surface area contributed by atoms with Gasteiger partial charge in [0.1, 0.15) is 4.34 Å². The number of halogens is 4. The summed E-state index contributed by atoms with van der Waals surface area (Å²) in [6.07, 6.45) is 0. The average Bonchev–Trinajstić information content (AvgIpc) is 2.60. The molecule has 2 rings (SSSR count). The van der Waals surface area contributed by atoms with Crippen LogP contribution in [0.15, 0.2) is 28.7 Å². The van der Waals surface area contributed by atoms with E-state index >= 15 is 0 Å². The highest BCUT2D eigenvalue weighted by molar-refractivity contribution is 14.1. The topological polar surface area (TPSA) is 17.1 Å². The maximum absolute atomic E-state index is 12.3. The van der Waals surface area contributed by atoms with Crippen molar-refractivity contribution < 1.29 is 4.79 Å². The molecule has 1 nitrogen and oxygen atoms in total. The summed E-state index contributed by atoms with van der Waals surface area (Å²) >= 11 is 18.5. The molecule has 1 aromatic heterocycles. The zero-order valence-electron chi connectivity index (χ0n) is 8.14. The second kappa shape index (κ2) is 5.57. The van der Waals surface area contributed by atoms with Crippen molar-refractivity contribution >= 4 is 78.8 Å². The molecule has 1 heterocycles. The number of carbonyl (C=O) groups excluding carboxylic acids is 1. The third-order valence-corrected chi connectivity index (χ3v) is 4.92. The monoisotopic (exact) mass is 460 g/mol. The third kappa shape index (κ3) is 3.04. The predicted molar refractivity (Wildman–Crippen MR) is 84.6 cm³/mol. The molecule has 0 saturated carbocycles. The van der Waals surface area contributed by atoms with Crippen molar-refractivity contribution in [2.45, 2.75) is 0 Å². The van der Waals surface area contributed by atoms with Gasteiger partial charge in [0.15, 0.2) is 5.78 Å². The lowest BCUT2D eigenvalue weighted by molar-refractivity contribution is 0.103. The van der Waals surface area contributed by atoms with Gasteiger partial charge in [0, 0.05) is 13.6 Å². The van der Waals surface area contributed by atoms with E-state index in [1.54, 1.807) is 6.07 Å². The molecule has 0 fully saturated rings. The van der Waals surface area contributed by atoms with Gasteiger partial charge in [0.2, 0.25) is 0 Å². The minimum absolute atomic E-state index is 0.122. The van der Waals surface area contributed by atoms with Crippen LogP contribution in [0.2, 0.25) is 8.67 Å². The zero-order chi connectivity index (χ0) is 12.6. The summed E-state index contributed by atoms with van der Waals surface area (Å²) in [5.41, 5.74) is 1.04. The highest BCUT2D eigenvalue weighted by Gasteiger charge is 2.18. The van der Waals surface area contributed by atoms with Crippen molar-refractivity contribution in [3.63, 3.8) is 0 Å². The standard InChI is InChI=1S/C11H4BrCl2IOS/c12-8-2-1-5(15)3-6(8)10(16)7-4-9(13)17-11(7)14/h1-4H. The van der Waals surface area contributed by atoms with Crippen LogP contribution < -0.4 is 0 Å². The van der Waals surface area contributed by atoms with Gasteiger partial charge in [-0.05, 0) is 46.9 Å². The minimum Gasteiger partial charge on any atom is -0.288 e.